The van der Waals surface area contributed by atoms with Crippen LogP contribution in [0, 0.1) is 6.92 Å². The Balaban J connectivity index is 0.00000243. The standard InChI is InChI=1S/C18H25N5O2.HI/c1-4-19-18(20-7-8-23-11-14(2)10-21-23)22(3)12-15-5-6-16-17(9-15)25-13-24-16;/h5-6,9-11H,4,7-8,12-13H2,1-3H3,(H,19,20);1H. The van der Waals surface area contributed by atoms with Gasteiger partial charge in [-0.3, -0.25) is 9.67 Å². The fraction of sp³-hybridized carbons (Fsp3) is 0.444. The molecule has 0 unspecified atom stereocenters. The van der Waals surface area contributed by atoms with Crippen molar-refractivity contribution in [2.24, 2.45) is 4.99 Å². The molecule has 3 rings (SSSR count). The molecule has 142 valence electrons. The zero-order valence-corrected chi connectivity index (χ0v) is 17.8. The van der Waals surface area contributed by atoms with Crippen LogP contribution in [0.3, 0.4) is 0 Å². The van der Waals surface area contributed by atoms with E-state index in [0.717, 1.165) is 48.2 Å². The quantitative estimate of drug-likeness (QED) is 0.399. The molecular weight excluding hydrogens is 445 g/mol. The third-order valence-corrected chi connectivity index (χ3v) is 3.91. The van der Waals surface area contributed by atoms with E-state index in [9.17, 15) is 0 Å². The van der Waals surface area contributed by atoms with Crippen LogP contribution in [0.5, 0.6) is 11.5 Å². The maximum atomic E-state index is 5.45. The van der Waals surface area contributed by atoms with Gasteiger partial charge in [0.15, 0.2) is 17.5 Å². The van der Waals surface area contributed by atoms with Gasteiger partial charge < -0.3 is 19.7 Å². The molecule has 0 amide bonds. The smallest absolute Gasteiger partial charge is 0.231 e. The lowest BCUT2D eigenvalue weighted by atomic mass is 10.2. The molecule has 2 heterocycles. The van der Waals surface area contributed by atoms with Gasteiger partial charge in [-0.25, -0.2) is 0 Å². The van der Waals surface area contributed by atoms with Crippen molar-refractivity contribution in [3.63, 3.8) is 0 Å². The van der Waals surface area contributed by atoms with Gasteiger partial charge in [-0.1, -0.05) is 6.07 Å². The molecule has 0 radical (unpaired) electrons. The van der Waals surface area contributed by atoms with Crippen LogP contribution < -0.4 is 14.8 Å². The Hall–Kier alpha value is -1.97. The summed E-state index contributed by atoms with van der Waals surface area (Å²) < 4.78 is 12.7. The summed E-state index contributed by atoms with van der Waals surface area (Å²) in [6.07, 6.45) is 3.89. The third-order valence-electron chi connectivity index (χ3n) is 3.91. The molecule has 26 heavy (non-hydrogen) atoms. The van der Waals surface area contributed by atoms with E-state index in [0.29, 0.717) is 13.3 Å². The summed E-state index contributed by atoms with van der Waals surface area (Å²) in [7, 11) is 2.03. The fourth-order valence-electron chi connectivity index (χ4n) is 2.71. The van der Waals surface area contributed by atoms with E-state index in [-0.39, 0.29) is 24.0 Å². The Labute approximate surface area is 171 Å². The van der Waals surface area contributed by atoms with Crippen molar-refractivity contribution >= 4 is 29.9 Å². The number of nitrogens with one attached hydrogen (secondary N) is 1. The van der Waals surface area contributed by atoms with E-state index in [1.165, 1.54) is 0 Å². The van der Waals surface area contributed by atoms with Gasteiger partial charge in [-0.05, 0) is 37.1 Å². The summed E-state index contributed by atoms with van der Waals surface area (Å²) in [4.78, 5) is 6.81. The minimum atomic E-state index is 0. The minimum Gasteiger partial charge on any atom is -0.454 e. The number of guanidine groups is 1. The van der Waals surface area contributed by atoms with Gasteiger partial charge in [0.2, 0.25) is 6.79 Å². The van der Waals surface area contributed by atoms with Crippen LogP contribution in [0.1, 0.15) is 18.1 Å². The molecule has 7 nitrogen and oxygen atoms in total. The van der Waals surface area contributed by atoms with Crippen LogP contribution in [0.15, 0.2) is 35.6 Å². The number of halogens is 1. The molecule has 0 aliphatic carbocycles. The predicted octanol–water partition coefficient (Wildman–Crippen LogP) is 2.64. The van der Waals surface area contributed by atoms with Gasteiger partial charge in [-0.15, -0.1) is 24.0 Å². The third kappa shape index (κ3) is 5.26. The maximum absolute atomic E-state index is 5.45. The maximum Gasteiger partial charge on any atom is 0.231 e. The van der Waals surface area contributed by atoms with E-state index in [1.807, 2.05) is 43.2 Å². The van der Waals surface area contributed by atoms with Crippen LogP contribution in [0.4, 0.5) is 0 Å². The molecule has 0 saturated carbocycles. The van der Waals surface area contributed by atoms with Crippen molar-refractivity contribution in [3.8, 4) is 11.5 Å². The van der Waals surface area contributed by atoms with E-state index < -0.39 is 0 Å². The second-order valence-corrected chi connectivity index (χ2v) is 6.06. The number of rotatable bonds is 6. The fourth-order valence-corrected chi connectivity index (χ4v) is 2.71. The molecule has 0 fully saturated rings. The number of ether oxygens (including phenoxy) is 2. The summed E-state index contributed by atoms with van der Waals surface area (Å²) in [6.45, 7) is 7.41. The molecule has 2 aromatic rings. The number of nitrogens with zero attached hydrogens (tertiary/aromatic N) is 4. The van der Waals surface area contributed by atoms with E-state index in [2.05, 4.69) is 28.3 Å². The first-order chi connectivity index (χ1) is 12.2. The van der Waals surface area contributed by atoms with Crippen molar-refractivity contribution in [2.75, 3.05) is 26.9 Å². The normalized spacial score (nSPS) is 12.7. The molecule has 1 N–H and O–H groups in total. The molecule has 0 saturated heterocycles. The lowest BCUT2D eigenvalue weighted by Crippen LogP contribution is -2.38. The molecule has 1 aromatic carbocycles. The lowest BCUT2D eigenvalue weighted by molar-refractivity contribution is 0.174. The molecule has 0 spiro atoms. The number of aromatic nitrogens is 2. The molecule has 1 aromatic heterocycles. The molecule has 0 bridgehead atoms. The Bertz CT molecular complexity index is 747. The summed E-state index contributed by atoms with van der Waals surface area (Å²) in [5.41, 5.74) is 2.32. The number of fused-ring (bicyclic) bond motifs is 1. The SMILES string of the molecule is CCNC(=NCCn1cc(C)cn1)N(C)Cc1ccc2c(c1)OCO2.I. The highest BCUT2D eigenvalue weighted by molar-refractivity contribution is 14.0. The van der Waals surface area contributed by atoms with Gasteiger partial charge in [0.1, 0.15) is 0 Å². The van der Waals surface area contributed by atoms with Gasteiger partial charge in [0.25, 0.3) is 0 Å². The first-order valence-corrected chi connectivity index (χ1v) is 8.52. The topological polar surface area (TPSA) is 63.9 Å². The minimum absolute atomic E-state index is 0. The van der Waals surface area contributed by atoms with Gasteiger partial charge in [0.05, 0.1) is 19.3 Å². The molecule has 8 heteroatoms. The first kappa shape index (κ1) is 20.3. The lowest BCUT2D eigenvalue weighted by Gasteiger charge is -2.22. The van der Waals surface area contributed by atoms with Crippen LogP contribution in [0.25, 0.3) is 0 Å². The summed E-state index contributed by atoms with van der Waals surface area (Å²) in [5.74, 6) is 2.49. The average Bonchev–Trinajstić information content (AvgIpc) is 3.22. The number of benzene rings is 1. The van der Waals surface area contributed by atoms with Crippen molar-refractivity contribution < 1.29 is 9.47 Å². The van der Waals surface area contributed by atoms with Crippen LogP contribution in [-0.2, 0) is 13.1 Å². The van der Waals surface area contributed by atoms with E-state index in [4.69, 9.17) is 14.5 Å². The summed E-state index contributed by atoms with van der Waals surface area (Å²) >= 11 is 0. The number of aliphatic imine (C=N–C) groups is 1. The van der Waals surface area contributed by atoms with Gasteiger partial charge in [-0.2, -0.15) is 5.10 Å². The Morgan fingerprint density at radius 3 is 2.88 bits per heavy atom. The summed E-state index contributed by atoms with van der Waals surface area (Å²) in [5, 5.41) is 7.63. The predicted molar refractivity (Wildman–Crippen MR) is 112 cm³/mol. The van der Waals surface area contributed by atoms with Crippen molar-refractivity contribution in [1.29, 1.82) is 0 Å². The number of aryl methyl sites for hydroxylation is 1. The van der Waals surface area contributed by atoms with Gasteiger partial charge in [0, 0.05) is 26.3 Å². The Morgan fingerprint density at radius 2 is 2.15 bits per heavy atom. The zero-order chi connectivity index (χ0) is 17.6. The second kappa shape index (κ2) is 9.65. The highest BCUT2D eigenvalue weighted by Crippen LogP contribution is 2.32. The highest BCUT2D eigenvalue weighted by atomic mass is 127. The van der Waals surface area contributed by atoms with Gasteiger partial charge >= 0.3 is 0 Å². The van der Waals surface area contributed by atoms with Crippen LogP contribution in [0.2, 0.25) is 0 Å². The second-order valence-electron chi connectivity index (χ2n) is 6.06. The molecule has 1 aliphatic rings. The zero-order valence-electron chi connectivity index (χ0n) is 15.4. The van der Waals surface area contributed by atoms with E-state index in [1.54, 1.807) is 0 Å². The van der Waals surface area contributed by atoms with Crippen molar-refractivity contribution in [3.05, 3.63) is 41.7 Å². The monoisotopic (exact) mass is 471 g/mol. The van der Waals surface area contributed by atoms with Crippen LogP contribution >= 0.6 is 24.0 Å². The van der Waals surface area contributed by atoms with Crippen molar-refractivity contribution in [1.82, 2.24) is 20.0 Å². The van der Waals surface area contributed by atoms with Crippen LogP contribution in [-0.4, -0.2) is 47.6 Å². The number of hydrogen-bond acceptors (Lipinski definition) is 4. The molecular formula is C18H26IN5O2. The summed E-state index contributed by atoms with van der Waals surface area (Å²) in [6, 6.07) is 6.03. The molecule has 1 aliphatic heterocycles. The molecule has 0 atom stereocenters. The average molecular weight is 471 g/mol. The largest absolute Gasteiger partial charge is 0.454 e. The van der Waals surface area contributed by atoms with Crippen molar-refractivity contribution in [2.45, 2.75) is 26.9 Å². The Kier molecular flexibility index (Phi) is 7.55. The highest BCUT2D eigenvalue weighted by Gasteiger charge is 2.14. The Morgan fingerprint density at radius 1 is 1.35 bits per heavy atom. The first-order valence-electron chi connectivity index (χ1n) is 8.52. The van der Waals surface area contributed by atoms with E-state index >= 15 is 0 Å². The number of hydrogen-bond donors (Lipinski definition) is 1.